The van der Waals surface area contributed by atoms with Crippen LogP contribution < -0.4 is 10.1 Å². The van der Waals surface area contributed by atoms with Crippen molar-refractivity contribution in [3.8, 4) is 5.75 Å². The highest BCUT2D eigenvalue weighted by atomic mass is 35.5. The number of hydrogen-bond acceptors (Lipinski definition) is 3. The molecule has 1 aromatic heterocycles. The molecule has 0 amide bonds. The van der Waals surface area contributed by atoms with E-state index in [0.29, 0.717) is 35.4 Å². The van der Waals surface area contributed by atoms with Crippen molar-refractivity contribution >= 4 is 40.1 Å². The van der Waals surface area contributed by atoms with Crippen LogP contribution in [0.1, 0.15) is 16.7 Å². The molecule has 1 unspecified atom stereocenters. The standard InChI is InChI=1S/C25H22Cl2N2O3/c26-20-10-17(11-21(27)24(20)32-15-16-6-2-1-3-7-16)13-28-23(25(30)31)12-18-14-29-22-9-5-4-8-19(18)22/h1-11,14,23,28-29H,12-13,15H2,(H,30,31). The second-order valence-electron chi connectivity index (χ2n) is 7.50. The average Bonchev–Trinajstić information content (AvgIpc) is 3.19. The van der Waals surface area contributed by atoms with Crippen LogP contribution in [0.3, 0.4) is 0 Å². The summed E-state index contributed by atoms with van der Waals surface area (Å²) in [5, 5.41) is 14.6. The van der Waals surface area contributed by atoms with Crippen LogP contribution in [0.4, 0.5) is 0 Å². The number of fused-ring (bicyclic) bond motifs is 1. The molecule has 0 aliphatic carbocycles. The Hall–Kier alpha value is -2.99. The van der Waals surface area contributed by atoms with Crippen LogP contribution in [0, 0.1) is 0 Å². The van der Waals surface area contributed by atoms with E-state index < -0.39 is 12.0 Å². The van der Waals surface area contributed by atoms with Crippen molar-refractivity contribution in [2.24, 2.45) is 0 Å². The normalized spacial score (nSPS) is 12.1. The van der Waals surface area contributed by atoms with Crippen molar-refractivity contribution in [1.82, 2.24) is 10.3 Å². The molecular weight excluding hydrogens is 447 g/mol. The highest BCUT2D eigenvalue weighted by Crippen LogP contribution is 2.35. The zero-order valence-electron chi connectivity index (χ0n) is 17.1. The largest absolute Gasteiger partial charge is 0.486 e. The summed E-state index contributed by atoms with van der Waals surface area (Å²) in [5.74, 6) is -0.509. The number of halogens is 2. The number of rotatable bonds is 9. The molecule has 5 nitrogen and oxygen atoms in total. The van der Waals surface area contributed by atoms with Crippen molar-refractivity contribution in [2.75, 3.05) is 0 Å². The third-order valence-electron chi connectivity index (χ3n) is 5.23. The molecule has 3 N–H and O–H groups in total. The van der Waals surface area contributed by atoms with E-state index >= 15 is 0 Å². The van der Waals surface area contributed by atoms with Crippen LogP contribution >= 0.6 is 23.2 Å². The van der Waals surface area contributed by atoms with Crippen LogP contribution in [0.5, 0.6) is 5.75 Å². The quantitative estimate of drug-likeness (QED) is 0.288. The Balaban J connectivity index is 1.42. The molecule has 7 heteroatoms. The molecule has 0 aliphatic heterocycles. The molecule has 164 valence electrons. The molecule has 0 radical (unpaired) electrons. The van der Waals surface area contributed by atoms with Crippen molar-refractivity contribution in [2.45, 2.75) is 25.6 Å². The van der Waals surface area contributed by atoms with E-state index in [2.05, 4.69) is 10.3 Å². The number of carbonyl (C=O) groups is 1. The molecule has 0 fully saturated rings. The molecule has 1 heterocycles. The molecule has 1 atom stereocenters. The van der Waals surface area contributed by atoms with E-state index in [1.165, 1.54) is 0 Å². The molecular formula is C25H22Cl2N2O3. The Morgan fingerprint density at radius 2 is 1.69 bits per heavy atom. The minimum Gasteiger partial charge on any atom is -0.486 e. The maximum Gasteiger partial charge on any atom is 0.321 e. The third-order valence-corrected chi connectivity index (χ3v) is 5.80. The van der Waals surface area contributed by atoms with E-state index in [4.69, 9.17) is 27.9 Å². The summed E-state index contributed by atoms with van der Waals surface area (Å²) in [6.07, 6.45) is 2.20. The van der Waals surface area contributed by atoms with Crippen LogP contribution in [-0.4, -0.2) is 22.1 Å². The van der Waals surface area contributed by atoms with Crippen molar-refractivity contribution in [3.63, 3.8) is 0 Å². The molecule has 0 saturated carbocycles. The predicted octanol–water partition coefficient (Wildman–Crippen LogP) is 5.84. The molecule has 4 aromatic rings. The summed E-state index contributed by atoms with van der Waals surface area (Å²) in [5.41, 5.74) is 3.71. The molecule has 0 spiro atoms. The first-order valence-electron chi connectivity index (χ1n) is 10.2. The average molecular weight is 469 g/mol. The number of benzene rings is 3. The monoisotopic (exact) mass is 468 g/mol. The number of aromatic nitrogens is 1. The fourth-order valence-corrected chi connectivity index (χ4v) is 4.23. The summed E-state index contributed by atoms with van der Waals surface area (Å²) in [4.78, 5) is 15.0. The van der Waals surface area contributed by atoms with Crippen molar-refractivity contribution in [1.29, 1.82) is 0 Å². The van der Waals surface area contributed by atoms with Gasteiger partial charge in [0.15, 0.2) is 5.75 Å². The van der Waals surface area contributed by atoms with Crippen molar-refractivity contribution < 1.29 is 14.6 Å². The summed E-state index contributed by atoms with van der Waals surface area (Å²) in [7, 11) is 0. The van der Waals surface area contributed by atoms with Gasteiger partial charge in [-0.05, 0) is 34.9 Å². The van der Waals surface area contributed by atoms with Gasteiger partial charge in [-0.3, -0.25) is 4.79 Å². The lowest BCUT2D eigenvalue weighted by Crippen LogP contribution is -2.38. The van der Waals surface area contributed by atoms with Crippen LogP contribution in [0.2, 0.25) is 10.0 Å². The summed E-state index contributed by atoms with van der Waals surface area (Å²) in [6.45, 7) is 0.654. The minimum atomic E-state index is -0.921. The Labute approximate surface area is 195 Å². The number of carboxylic acids is 1. The first kappa shape index (κ1) is 22.2. The lowest BCUT2D eigenvalue weighted by atomic mass is 10.0. The number of aliphatic carboxylic acids is 1. The maximum atomic E-state index is 11.8. The van der Waals surface area contributed by atoms with Gasteiger partial charge in [0.05, 0.1) is 10.0 Å². The van der Waals surface area contributed by atoms with Gasteiger partial charge in [0, 0.05) is 30.1 Å². The Morgan fingerprint density at radius 3 is 2.41 bits per heavy atom. The Morgan fingerprint density at radius 1 is 1.00 bits per heavy atom. The van der Waals surface area contributed by atoms with Gasteiger partial charge in [0.1, 0.15) is 12.6 Å². The van der Waals surface area contributed by atoms with Gasteiger partial charge < -0.3 is 20.1 Å². The first-order chi connectivity index (χ1) is 15.5. The maximum absolute atomic E-state index is 11.8. The van der Waals surface area contributed by atoms with Gasteiger partial charge in [-0.15, -0.1) is 0 Å². The molecule has 3 aromatic carbocycles. The van der Waals surface area contributed by atoms with E-state index in [-0.39, 0.29) is 0 Å². The van der Waals surface area contributed by atoms with Crippen LogP contribution in [0.15, 0.2) is 72.9 Å². The number of ether oxygens (including phenoxy) is 1. The lowest BCUT2D eigenvalue weighted by molar-refractivity contribution is -0.139. The zero-order chi connectivity index (χ0) is 22.5. The van der Waals surface area contributed by atoms with E-state index in [9.17, 15) is 9.90 Å². The number of aromatic amines is 1. The second kappa shape index (κ2) is 10.1. The van der Waals surface area contributed by atoms with Gasteiger partial charge in [0.2, 0.25) is 0 Å². The lowest BCUT2D eigenvalue weighted by Gasteiger charge is -2.16. The Kier molecular flexibility index (Phi) is 7.00. The highest BCUT2D eigenvalue weighted by Gasteiger charge is 2.20. The van der Waals surface area contributed by atoms with E-state index in [0.717, 1.165) is 27.6 Å². The van der Waals surface area contributed by atoms with Crippen LogP contribution in [0.25, 0.3) is 10.9 Å². The molecule has 0 saturated heterocycles. The summed E-state index contributed by atoms with van der Waals surface area (Å²) in [6, 6.07) is 20.3. The number of carboxylic acid groups (broad SMARTS) is 1. The molecule has 0 bridgehead atoms. The van der Waals surface area contributed by atoms with Gasteiger partial charge >= 0.3 is 5.97 Å². The smallest absolute Gasteiger partial charge is 0.321 e. The number of para-hydroxylation sites is 1. The third kappa shape index (κ3) is 5.25. The van der Waals surface area contributed by atoms with E-state index in [1.54, 1.807) is 12.1 Å². The second-order valence-corrected chi connectivity index (χ2v) is 8.31. The zero-order valence-corrected chi connectivity index (χ0v) is 18.7. The molecule has 4 rings (SSSR count). The van der Waals surface area contributed by atoms with Gasteiger partial charge in [0.25, 0.3) is 0 Å². The Bertz CT molecular complexity index is 1200. The van der Waals surface area contributed by atoms with Crippen molar-refractivity contribution in [3.05, 3.63) is 99.7 Å². The van der Waals surface area contributed by atoms with E-state index in [1.807, 2.05) is 60.8 Å². The number of H-pyrrole nitrogens is 1. The van der Waals surface area contributed by atoms with Crippen LogP contribution in [-0.2, 0) is 24.4 Å². The van der Waals surface area contributed by atoms with Gasteiger partial charge in [-0.1, -0.05) is 71.7 Å². The molecule has 0 aliphatic rings. The summed E-state index contributed by atoms with van der Waals surface area (Å²) < 4.78 is 5.80. The number of hydrogen-bond donors (Lipinski definition) is 3. The molecule has 32 heavy (non-hydrogen) atoms. The van der Waals surface area contributed by atoms with Gasteiger partial charge in [-0.25, -0.2) is 0 Å². The first-order valence-corrected chi connectivity index (χ1v) is 10.9. The highest BCUT2D eigenvalue weighted by molar-refractivity contribution is 6.37. The topological polar surface area (TPSA) is 74.3 Å². The van der Waals surface area contributed by atoms with Gasteiger partial charge in [-0.2, -0.15) is 0 Å². The predicted molar refractivity (Wildman–Crippen MR) is 128 cm³/mol. The summed E-state index contributed by atoms with van der Waals surface area (Å²) >= 11 is 12.8. The fraction of sp³-hybridized carbons (Fsp3) is 0.160. The SMILES string of the molecule is O=C(O)C(Cc1c[nH]c2ccccc12)NCc1cc(Cl)c(OCc2ccccc2)c(Cl)c1. The number of nitrogens with one attached hydrogen (secondary N) is 2. The fourth-order valence-electron chi connectivity index (χ4n) is 3.59. The minimum absolute atomic E-state index is 0.303.